The second-order valence-corrected chi connectivity index (χ2v) is 5.19. The molecule has 0 radical (unpaired) electrons. The summed E-state index contributed by atoms with van der Waals surface area (Å²) in [5, 5.41) is 10.2. The Morgan fingerprint density at radius 3 is 3.18 bits per heavy atom. The SMILES string of the molecule is CC(O)C1CCCN(Cc2cccnc2Cl)C1. The van der Waals surface area contributed by atoms with Crippen LogP contribution in [0, 0.1) is 5.92 Å². The van der Waals surface area contributed by atoms with Crippen molar-refractivity contribution in [1.29, 1.82) is 0 Å². The average molecular weight is 255 g/mol. The van der Waals surface area contributed by atoms with Gasteiger partial charge in [-0.1, -0.05) is 17.7 Å². The van der Waals surface area contributed by atoms with Gasteiger partial charge in [-0.15, -0.1) is 0 Å². The molecule has 1 fully saturated rings. The fourth-order valence-corrected chi connectivity index (χ4v) is 2.59. The summed E-state index contributed by atoms with van der Waals surface area (Å²) in [4.78, 5) is 6.44. The fourth-order valence-electron chi connectivity index (χ4n) is 2.41. The first-order valence-electron chi connectivity index (χ1n) is 6.16. The molecule has 2 unspecified atom stereocenters. The Morgan fingerprint density at radius 2 is 2.47 bits per heavy atom. The quantitative estimate of drug-likeness (QED) is 0.841. The molecule has 1 aromatic rings. The summed E-state index contributed by atoms with van der Waals surface area (Å²) >= 11 is 6.06. The molecule has 1 aromatic heterocycles. The molecule has 2 heterocycles. The minimum Gasteiger partial charge on any atom is -0.393 e. The maximum Gasteiger partial charge on any atom is 0.133 e. The summed E-state index contributed by atoms with van der Waals surface area (Å²) < 4.78 is 0. The number of pyridine rings is 1. The van der Waals surface area contributed by atoms with E-state index < -0.39 is 0 Å². The number of rotatable bonds is 3. The third-order valence-corrected chi connectivity index (χ3v) is 3.79. The number of likely N-dealkylation sites (tertiary alicyclic amines) is 1. The van der Waals surface area contributed by atoms with Crippen LogP contribution in [-0.2, 0) is 6.54 Å². The predicted molar refractivity (Wildman–Crippen MR) is 68.9 cm³/mol. The largest absolute Gasteiger partial charge is 0.393 e. The predicted octanol–water partition coefficient (Wildman–Crippen LogP) is 2.33. The lowest BCUT2D eigenvalue weighted by atomic mass is 9.93. The lowest BCUT2D eigenvalue weighted by molar-refractivity contribution is 0.0599. The van der Waals surface area contributed by atoms with Crippen molar-refractivity contribution in [2.45, 2.75) is 32.4 Å². The minimum atomic E-state index is -0.220. The number of nitrogens with zero attached hydrogens (tertiary/aromatic N) is 2. The van der Waals surface area contributed by atoms with Crippen LogP contribution < -0.4 is 0 Å². The molecule has 94 valence electrons. The van der Waals surface area contributed by atoms with Gasteiger partial charge in [0.2, 0.25) is 0 Å². The minimum absolute atomic E-state index is 0.220. The van der Waals surface area contributed by atoms with E-state index in [2.05, 4.69) is 9.88 Å². The van der Waals surface area contributed by atoms with Crippen LogP contribution in [0.1, 0.15) is 25.3 Å². The van der Waals surface area contributed by atoms with Crippen molar-refractivity contribution in [1.82, 2.24) is 9.88 Å². The molecule has 1 aliphatic heterocycles. The van der Waals surface area contributed by atoms with Crippen molar-refractivity contribution in [3.63, 3.8) is 0 Å². The van der Waals surface area contributed by atoms with Crippen LogP contribution in [0.2, 0.25) is 5.15 Å². The monoisotopic (exact) mass is 254 g/mol. The summed E-state index contributed by atoms with van der Waals surface area (Å²) in [6.45, 7) is 4.73. The van der Waals surface area contributed by atoms with Gasteiger partial charge in [0, 0.05) is 24.8 Å². The van der Waals surface area contributed by atoms with Crippen molar-refractivity contribution in [3.05, 3.63) is 29.0 Å². The molecule has 1 N–H and O–H groups in total. The Morgan fingerprint density at radius 1 is 1.65 bits per heavy atom. The third kappa shape index (κ3) is 3.41. The fraction of sp³-hybridized carbons (Fsp3) is 0.615. The van der Waals surface area contributed by atoms with E-state index in [1.54, 1.807) is 6.20 Å². The van der Waals surface area contributed by atoms with Crippen LogP contribution in [0.3, 0.4) is 0 Å². The van der Waals surface area contributed by atoms with E-state index in [-0.39, 0.29) is 6.10 Å². The molecule has 0 aliphatic carbocycles. The average Bonchev–Trinajstić information content (AvgIpc) is 2.32. The van der Waals surface area contributed by atoms with Gasteiger partial charge in [-0.25, -0.2) is 4.98 Å². The highest BCUT2D eigenvalue weighted by Gasteiger charge is 2.23. The molecule has 3 nitrogen and oxygen atoms in total. The molecular weight excluding hydrogens is 236 g/mol. The van der Waals surface area contributed by atoms with Crippen molar-refractivity contribution in [3.8, 4) is 0 Å². The van der Waals surface area contributed by atoms with Crippen LogP contribution in [0.5, 0.6) is 0 Å². The molecule has 4 heteroatoms. The van der Waals surface area contributed by atoms with Crippen molar-refractivity contribution in [2.24, 2.45) is 5.92 Å². The first kappa shape index (κ1) is 12.8. The number of aromatic nitrogens is 1. The second kappa shape index (κ2) is 5.80. The summed E-state index contributed by atoms with van der Waals surface area (Å²) in [5.74, 6) is 0.388. The Kier molecular flexibility index (Phi) is 4.37. The molecule has 0 aromatic carbocycles. The van der Waals surface area contributed by atoms with Gasteiger partial charge in [-0.2, -0.15) is 0 Å². The van der Waals surface area contributed by atoms with Crippen molar-refractivity contribution >= 4 is 11.6 Å². The Hall–Kier alpha value is -0.640. The van der Waals surface area contributed by atoms with E-state index in [1.165, 1.54) is 0 Å². The first-order valence-corrected chi connectivity index (χ1v) is 6.54. The first-order chi connectivity index (χ1) is 8.16. The molecule has 0 amide bonds. The molecule has 1 saturated heterocycles. The summed E-state index contributed by atoms with van der Waals surface area (Å²) in [7, 11) is 0. The summed E-state index contributed by atoms with van der Waals surface area (Å²) in [5.41, 5.74) is 1.07. The Labute approximate surface area is 107 Å². The molecule has 17 heavy (non-hydrogen) atoms. The number of hydrogen-bond donors (Lipinski definition) is 1. The number of aliphatic hydroxyl groups excluding tert-OH is 1. The highest BCUT2D eigenvalue weighted by Crippen LogP contribution is 2.22. The topological polar surface area (TPSA) is 36.4 Å². The Balaban J connectivity index is 1.97. The van der Waals surface area contributed by atoms with Gasteiger partial charge in [0.25, 0.3) is 0 Å². The molecule has 1 aliphatic rings. The van der Waals surface area contributed by atoms with E-state index in [1.807, 2.05) is 19.1 Å². The van der Waals surface area contributed by atoms with Crippen molar-refractivity contribution < 1.29 is 5.11 Å². The molecule has 0 bridgehead atoms. The number of halogens is 1. The summed E-state index contributed by atoms with van der Waals surface area (Å²) in [6, 6.07) is 3.93. The lowest BCUT2D eigenvalue weighted by Gasteiger charge is -2.34. The molecule has 0 spiro atoms. The Bertz CT molecular complexity index is 370. The maximum absolute atomic E-state index is 9.65. The van der Waals surface area contributed by atoms with E-state index >= 15 is 0 Å². The van der Waals surface area contributed by atoms with E-state index in [0.717, 1.165) is 38.0 Å². The van der Waals surface area contributed by atoms with E-state index in [0.29, 0.717) is 11.1 Å². The van der Waals surface area contributed by atoms with Gasteiger partial charge in [0.05, 0.1) is 6.10 Å². The third-order valence-electron chi connectivity index (χ3n) is 3.45. The smallest absolute Gasteiger partial charge is 0.133 e. The van der Waals surface area contributed by atoms with Crippen LogP contribution in [0.25, 0.3) is 0 Å². The van der Waals surface area contributed by atoms with Crippen LogP contribution >= 0.6 is 11.6 Å². The van der Waals surface area contributed by atoms with Gasteiger partial charge in [-0.3, -0.25) is 4.90 Å². The zero-order valence-corrected chi connectivity index (χ0v) is 10.9. The number of aliphatic hydroxyl groups is 1. The molecular formula is C13H19ClN2O. The number of hydrogen-bond acceptors (Lipinski definition) is 3. The molecule has 0 saturated carbocycles. The standard InChI is InChI=1S/C13H19ClN2O/c1-10(17)11-5-3-7-16(8-11)9-12-4-2-6-15-13(12)14/h2,4,6,10-11,17H,3,5,7-9H2,1H3. The van der Waals surface area contributed by atoms with E-state index in [4.69, 9.17) is 11.6 Å². The van der Waals surface area contributed by atoms with Gasteiger partial charge < -0.3 is 5.11 Å². The summed E-state index contributed by atoms with van der Waals surface area (Å²) in [6.07, 6.45) is 3.76. The maximum atomic E-state index is 9.65. The van der Waals surface area contributed by atoms with Gasteiger partial charge in [-0.05, 0) is 38.3 Å². The van der Waals surface area contributed by atoms with Gasteiger partial charge >= 0.3 is 0 Å². The van der Waals surface area contributed by atoms with Gasteiger partial charge in [0.1, 0.15) is 5.15 Å². The zero-order valence-electron chi connectivity index (χ0n) is 10.1. The van der Waals surface area contributed by atoms with Gasteiger partial charge in [0.15, 0.2) is 0 Å². The zero-order chi connectivity index (χ0) is 12.3. The number of piperidine rings is 1. The van der Waals surface area contributed by atoms with E-state index in [9.17, 15) is 5.11 Å². The molecule has 2 atom stereocenters. The van der Waals surface area contributed by atoms with Crippen LogP contribution in [0.4, 0.5) is 0 Å². The normalized spacial score (nSPS) is 23.6. The molecule has 2 rings (SSSR count). The van der Waals surface area contributed by atoms with Crippen LogP contribution in [-0.4, -0.2) is 34.2 Å². The highest BCUT2D eigenvalue weighted by atomic mass is 35.5. The highest BCUT2D eigenvalue weighted by molar-refractivity contribution is 6.30. The second-order valence-electron chi connectivity index (χ2n) is 4.83. The van der Waals surface area contributed by atoms with Crippen LogP contribution in [0.15, 0.2) is 18.3 Å². The van der Waals surface area contributed by atoms with Crippen molar-refractivity contribution in [2.75, 3.05) is 13.1 Å². The lowest BCUT2D eigenvalue weighted by Crippen LogP contribution is -2.39.